The van der Waals surface area contributed by atoms with E-state index in [1.54, 1.807) is 24.3 Å². The van der Waals surface area contributed by atoms with Crippen molar-refractivity contribution in [3.8, 4) is 5.75 Å². The normalized spacial score (nSPS) is 14.1. The average molecular weight is 606 g/mol. The summed E-state index contributed by atoms with van der Waals surface area (Å²) in [5.74, 6) is 1.06. The highest BCUT2D eigenvalue weighted by molar-refractivity contribution is 9.11. The number of hydrazone groups is 1. The van der Waals surface area contributed by atoms with Crippen LogP contribution < -0.4 is 15.6 Å². The minimum atomic E-state index is -0.453. The third kappa shape index (κ3) is 6.63. The molecule has 0 spiro atoms. The molecule has 0 aliphatic carbocycles. The molecule has 0 atom stereocenters. The van der Waals surface area contributed by atoms with Crippen molar-refractivity contribution in [3.63, 3.8) is 0 Å². The lowest BCUT2D eigenvalue weighted by Gasteiger charge is -2.21. The van der Waals surface area contributed by atoms with Crippen LogP contribution in [0.3, 0.4) is 0 Å². The number of aromatic nitrogens is 3. The van der Waals surface area contributed by atoms with Gasteiger partial charge in [-0.1, -0.05) is 28.8 Å². The Balaban J connectivity index is 1.60. The molecule has 1 aliphatic rings. The molecule has 0 saturated carbocycles. The van der Waals surface area contributed by atoms with Crippen molar-refractivity contribution in [2.45, 2.75) is 25.7 Å². The van der Waals surface area contributed by atoms with Crippen LogP contribution in [0, 0.1) is 10.1 Å². The van der Waals surface area contributed by atoms with E-state index >= 15 is 0 Å². The van der Waals surface area contributed by atoms with Crippen molar-refractivity contribution in [1.82, 2.24) is 15.0 Å². The van der Waals surface area contributed by atoms with Gasteiger partial charge in [0, 0.05) is 40.9 Å². The zero-order valence-electron chi connectivity index (χ0n) is 18.5. The molecule has 13 heteroatoms. The Morgan fingerprint density at radius 2 is 1.71 bits per heavy atom. The Hall–Kier alpha value is -3.32. The molecule has 1 saturated heterocycles. The molecule has 182 valence electrons. The summed E-state index contributed by atoms with van der Waals surface area (Å²) in [6, 6.07) is 9.45. The smallest absolute Gasteiger partial charge is 0.269 e. The molecule has 1 fully saturated rings. The second-order valence-corrected chi connectivity index (χ2v) is 9.58. The lowest BCUT2D eigenvalue weighted by Crippen LogP contribution is -2.26. The fourth-order valence-corrected chi connectivity index (χ4v) is 4.78. The van der Waals surface area contributed by atoms with Gasteiger partial charge < -0.3 is 15.3 Å². The third-order valence-electron chi connectivity index (χ3n) is 5.27. The first kappa shape index (κ1) is 24.8. The number of rotatable bonds is 7. The van der Waals surface area contributed by atoms with E-state index in [-0.39, 0.29) is 23.3 Å². The number of hydrogen-bond acceptors (Lipinski definition) is 10. The highest BCUT2D eigenvalue weighted by atomic mass is 79.9. The van der Waals surface area contributed by atoms with E-state index in [9.17, 15) is 15.2 Å². The molecule has 1 aliphatic heterocycles. The van der Waals surface area contributed by atoms with Gasteiger partial charge in [-0.15, -0.1) is 0 Å². The minimum Gasteiger partial charge on any atom is -0.506 e. The number of nitro groups is 1. The predicted octanol–water partition coefficient (Wildman–Crippen LogP) is 5.58. The number of phenolic OH excluding ortho intramolecular Hbond substituents is 1. The molecule has 11 nitrogen and oxygen atoms in total. The van der Waals surface area contributed by atoms with E-state index in [1.165, 1.54) is 18.3 Å². The maximum atomic E-state index is 10.9. The first-order valence-corrected chi connectivity index (χ1v) is 12.5. The third-order valence-corrected chi connectivity index (χ3v) is 6.33. The largest absolute Gasteiger partial charge is 0.506 e. The van der Waals surface area contributed by atoms with E-state index in [0.29, 0.717) is 21.7 Å². The monoisotopic (exact) mass is 604 g/mol. The van der Waals surface area contributed by atoms with Crippen molar-refractivity contribution in [2.75, 3.05) is 28.7 Å². The molecule has 3 aromatic rings. The van der Waals surface area contributed by atoms with Gasteiger partial charge in [-0.3, -0.25) is 10.1 Å². The fourth-order valence-electron chi connectivity index (χ4n) is 3.52. The lowest BCUT2D eigenvalue weighted by molar-refractivity contribution is -0.384. The minimum absolute atomic E-state index is 0.00409. The van der Waals surface area contributed by atoms with E-state index in [1.807, 2.05) is 0 Å². The van der Waals surface area contributed by atoms with Crippen LogP contribution in [0.1, 0.15) is 31.2 Å². The van der Waals surface area contributed by atoms with Gasteiger partial charge in [0.25, 0.3) is 5.69 Å². The maximum absolute atomic E-state index is 10.9. The summed E-state index contributed by atoms with van der Waals surface area (Å²) in [5.41, 5.74) is 3.90. The van der Waals surface area contributed by atoms with Gasteiger partial charge in [0.2, 0.25) is 17.8 Å². The number of phenols is 1. The number of aromatic hydroxyl groups is 1. The van der Waals surface area contributed by atoms with Gasteiger partial charge in [-0.2, -0.15) is 20.1 Å². The summed E-state index contributed by atoms with van der Waals surface area (Å²) < 4.78 is 1.31. The van der Waals surface area contributed by atoms with Crippen molar-refractivity contribution >= 4 is 67.3 Å². The number of anilines is 4. The molecule has 0 amide bonds. The molecule has 1 aromatic heterocycles. The van der Waals surface area contributed by atoms with Crippen LogP contribution in [0.15, 0.2) is 50.4 Å². The molecule has 0 unspecified atom stereocenters. The summed E-state index contributed by atoms with van der Waals surface area (Å²) in [4.78, 5) is 26.1. The van der Waals surface area contributed by atoms with Crippen molar-refractivity contribution in [3.05, 3.63) is 61.0 Å². The van der Waals surface area contributed by atoms with Gasteiger partial charge in [-0.05, 0) is 53.0 Å². The topological polar surface area (TPSA) is 142 Å². The van der Waals surface area contributed by atoms with Crippen molar-refractivity contribution < 1.29 is 10.0 Å². The number of benzene rings is 2. The number of nitrogens with one attached hydrogen (secondary N) is 2. The van der Waals surface area contributed by atoms with Gasteiger partial charge in [0.1, 0.15) is 5.75 Å². The highest BCUT2D eigenvalue weighted by Gasteiger charge is 2.16. The zero-order valence-corrected chi connectivity index (χ0v) is 21.7. The molecule has 2 aromatic carbocycles. The highest BCUT2D eigenvalue weighted by Crippen LogP contribution is 2.30. The molecular formula is C22H22Br2N8O3. The van der Waals surface area contributed by atoms with Crippen LogP contribution in [0.5, 0.6) is 5.75 Å². The molecule has 3 N–H and O–H groups in total. The maximum Gasteiger partial charge on any atom is 0.269 e. The van der Waals surface area contributed by atoms with Gasteiger partial charge in [-0.25, -0.2) is 5.43 Å². The van der Waals surface area contributed by atoms with Gasteiger partial charge >= 0.3 is 0 Å². The average Bonchev–Trinajstić information content (AvgIpc) is 3.12. The molecule has 4 rings (SSSR count). The predicted molar refractivity (Wildman–Crippen MR) is 142 cm³/mol. The van der Waals surface area contributed by atoms with Gasteiger partial charge in [0.15, 0.2) is 0 Å². The number of non-ortho nitro benzene ring substituents is 1. The summed E-state index contributed by atoms with van der Waals surface area (Å²) in [5, 5.41) is 28.4. The Labute approximate surface area is 218 Å². The van der Waals surface area contributed by atoms with Crippen LogP contribution in [0.2, 0.25) is 0 Å². The Morgan fingerprint density at radius 3 is 2.40 bits per heavy atom. The van der Waals surface area contributed by atoms with Crippen LogP contribution in [0.4, 0.5) is 29.2 Å². The second-order valence-electron chi connectivity index (χ2n) is 7.81. The first-order valence-electron chi connectivity index (χ1n) is 10.9. The number of halogens is 2. The van der Waals surface area contributed by atoms with E-state index in [2.05, 4.69) is 67.6 Å². The van der Waals surface area contributed by atoms with Gasteiger partial charge in [0.05, 0.1) is 15.6 Å². The Kier molecular flexibility index (Phi) is 8.08. The zero-order chi connectivity index (χ0) is 24.8. The molecule has 2 heterocycles. The first-order chi connectivity index (χ1) is 16.9. The fraction of sp³-hybridized carbons (Fsp3) is 0.273. The lowest BCUT2D eigenvalue weighted by atomic mass is 10.2. The molecule has 0 bridgehead atoms. The van der Waals surface area contributed by atoms with Crippen LogP contribution >= 0.6 is 31.9 Å². The van der Waals surface area contributed by atoms with E-state index < -0.39 is 4.92 Å². The number of hydrogen-bond donors (Lipinski definition) is 3. The molecule has 35 heavy (non-hydrogen) atoms. The van der Waals surface area contributed by atoms with E-state index in [0.717, 1.165) is 43.2 Å². The summed E-state index contributed by atoms with van der Waals surface area (Å²) in [6.07, 6.45) is 5.89. The molecule has 0 radical (unpaired) electrons. The van der Waals surface area contributed by atoms with E-state index in [4.69, 9.17) is 0 Å². The van der Waals surface area contributed by atoms with Crippen LogP contribution in [-0.4, -0.2) is 44.3 Å². The SMILES string of the molecule is O=[N+]([O-])c1ccc(Nc2nc(NN=Cc3cc(Br)cc(Br)c3O)nc(N3CCCCCC3)n2)cc1. The molecular weight excluding hydrogens is 584 g/mol. The Morgan fingerprint density at radius 1 is 1.03 bits per heavy atom. The quantitative estimate of drug-likeness (QED) is 0.179. The number of nitrogens with zero attached hydrogens (tertiary/aromatic N) is 6. The van der Waals surface area contributed by atoms with Crippen LogP contribution in [-0.2, 0) is 0 Å². The summed E-state index contributed by atoms with van der Waals surface area (Å²) in [6.45, 7) is 1.67. The van der Waals surface area contributed by atoms with Crippen molar-refractivity contribution in [1.29, 1.82) is 0 Å². The second kappa shape index (κ2) is 11.4. The summed E-state index contributed by atoms with van der Waals surface area (Å²) in [7, 11) is 0. The summed E-state index contributed by atoms with van der Waals surface area (Å²) >= 11 is 6.69. The Bertz CT molecular complexity index is 1230. The van der Waals surface area contributed by atoms with Crippen LogP contribution in [0.25, 0.3) is 0 Å². The number of nitro benzene ring substituents is 1. The van der Waals surface area contributed by atoms with Crippen molar-refractivity contribution in [2.24, 2.45) is 5.10 Å². The standard InChI is InChI=1S/C22H22Br2N8O3/c23-15-11-14(19(33)18(24)12-15)13-25-30-21-27-20(26-16-5-7-17(8-6-16)32(34)35)28-22(29-21)31-9-3-1-2-4-10-31/h5-8,11-13,33H,1-4,9-10H2,(H2,26,27,28,29,30).